The molecule has 5 nitrogen and oxygen atoms in total. The van der Waals surface area contributed by atoms with Crippen LogP contribution >= 0.6 is 0 Å². The number of rotatable bonds is 5. The van der Waals surface area contributed by atoms with Crippen molar-refractivity contribution in [3.63, 3.8) is 0 Å². The highest BCUT2D eigenvalue weighted by molar-refractivity contribution is 5.95. The third kappa shape index (κ3) is 3.74. The fraction of sp³-hybridized carbons (Fsp3) is 0.350. The second kappa shape index (κ2) is 7.78. The molecule has 0 spiro atoms. The van der Waals surface area contributed by atoms with Crippen LogP contribution in [0.15, 0.2) is 48.5 Å². The fourth-order valence-electron chi connectivity index (χ4n) is 3.49. The Bertz CT molecular complexity index is 733. The van der Waals surface area contributed by atoms with Crippen LogP contribution in [-0.4, -0.2) is 48.3 Å². The van der Waals surface area contributed by atoms with E-state index in [1.807, 2.05) is 43.3 Å². The molecule has 2 N–H and O–H groups in total. The van der Waals surface area contributed by atoms with Gasteiger partial charge in [-0.15, -0.1) is 0 Å². The first-order valence-electron chi connectivity index (χ1n) is 8.50. The van der Waals surface area contributed by atoms with Gasteiger partial charge in [0.05, 0.1) is 25.8 Å². The van der Waals surface area contributed by atoms with Crippen molar-refractivity contribution in [2.24, 2.45) is 0 Å². The number of carbonyl (C=O) groups is 1. The van der Waals surface area contributed by atoms with Crippen LogP contribution in [0.3, 0.4) is 0 Å². The highest BCUT2D eigenvalue weighted by Crippen LogP contribution is 2.26. The van der Waals surface area contributed by atoms with Crippen molar-refractivity contribution in [3.05, 3.63) is 59.7 Å². The van der Waals surface area contributed by atoms with E-state index in [2.05, 4.69) is 17.6 Å². The van der Waals surface area contributed by atoms with Gasteiger partial charge in [-0.25, -0.2) is 0 Å². The number of nitrogens with zero attached hydrogens (tertiary/aromatic N) is 1. The van der Waals surface area contributed by atoms with Crippen molar-refractivity contribution in [2.45, 2.75) is 25.4 Å². The first kappa shape index (κ1) is 17.6. The quantitative estimate of drug-likeness (QED) is 0.821. The van der Waals surface area contributed by atoms with Crippen LogP contribution in [0.1, 0.15) is 22.3 Å². The molecular weight excluding hydrogens is 316 g/mol. The number of benzene rings is 2. The number of hydrogen-bond donors (Lipinski definition) is 2. The second-order valence-corrected chi connectivity index (χ2v) is 6.44. The lowest BCUT2D eigenvalue weighted by atomic mass is 9.98. The first-order valence-corrected chi connectivity index (χ1v) is 8.50. The van der Waals surface area contributed by atoms with E-state index in [1.54, 1.807) is 12.0 Å². The number of hydrogen-bond acceptors (Lipinski definition) is 4. The summed E-state index contributed by atoms with van der Waals surface area (Å²) in [7, 11) is 1.56. The molecule has 0 unspecified atom stereocenters. The van der Waals surface area contributed by atoms with Crippen LogP contribution in [0.5, 0.6) is 0 Å². The van der Waals surface area contributed by atoms with Gasteiger partial charge in [0.25, 0.3) is 5.91 Å². The van der Waals surface area contributed by atoms with E-state index in [1.165, 1.54) is 0 Å². The Morgan fingerprint density at radius 3 is 2.68 bits per heavy atom. The number of nitrogens with one attached hydrogen (secondary N) is 1. The summed E-state index contributed by atoms with van der Waals surface area (Å²) >= 11 is 0. The smallest absolute Gasteiger partial charge is 0.254 e. The van der Waals surface area contributed by atoms with Crippen molar-refractivity contribution >= 4 is 5.91 Å². The Labute approximate surface area is 148 Å². The summed E-state index contributed by atoms with van der Waals surface area (Å²) < 4.78 is 0. The van der Waals surface area contributed by atoms with Crippen LogP contribution in [0.4, 0.5) is 0 Å². The van der Waals surface area contributed by atoms with Crippen molar-refractivity contribution < 1.29 is 14.7 Å². The number of aryl methyl sites for hydroxylation is 1. The van der Waals surface area contributed by atoms with Gasteiger partial charge in [0, 0.05) is 12.1 Å². The van der Waals surface area contributed by atoms with E-state index in [4.69, 9.17) is 4.84 Å². The van der Waals surface area contributed by atoms with Gasteiger partial charge in [0.2, 0.25) is 0 Å². The minimum Gasteiger partial charge on any atom is -0.394 e. The van der Waals surface area contributed by atoms with Gasteiger partial charge < -0.3 is 14.8 Å². The molecule has 0 aliphatic carbocycles. The van der Waals surface area contributed by atoms with Crippen LogP contribution in [0, 0.1) is 6.92 Å². The first-order chi connectivity index (χ1) is 12.1. The standard InChI is InChI=1S/C20H24N2O3/c1-14-10-16(8-9-19(14)15-6-4-3-5-7-15)20(24)22-12-17(21-25-2)11-18(22)13-23/h3-10,17-18,21,23H,11-13H2,1-2H3/t17-,18-/m0/s1. The third-order valence-electron chi connectivity index (χ3n) is 4.73. The highest BCUT2D eigenvalue weighted by Gasteiger charge is 2.35. The Morgan fingerprint density at radius 2 is 2.04 bits per heavy atom. The van der Waals surface area contributed by atoms with Crippen molar-refractivity contribution in [3.8, 4) is 11.1 Å². The van der Waals surface area contributed by atoms with Crippen molar-refractivity contribution in [1.29, 1.82) is 0 Å². The molecule has 1 heterocycles. The minimum absolute atomic E-state index is 0.0378. The number of carbonyl (C=O) groups excluding carboxylic acids is 1. The van der Waals surface area contributed by atoms with E-state index >= 15 is 0 Å². The number of amides is 1. The molecule has 1 fully saturated rings. The van der Waals surface area contributed by atoms with Crippen LogP contribution < -0.4 is 5.48 Å². The van der Waals surface area contributed by atoms with E-state index in [0.717, 1.165) is 16.7 Å². The number of hydroxylamine groups is 1. The zero-order valence-corrected chi connectivity index (χ0v) is 14.6. The monoisotopic (exact) mass is 340 g/mol. The molecule has 0 bridgehead atoms. The molecular formula is C20H24N2O3. The van der Waals surface area contributed by atoms with Crippen LogP contribution in [0.25, 0.3) is 11.1 Å². The Kier molecular flexibility index (Phi) is 5.48. The maximum Gasteiger partial charge on any atom is 0.254 e. The molecule has 0 aromatic heterocycles. The van der Waals surface area contributed by atoms with E-state index in [0.29, 0.717) is 18.5 Å². The van der Waals surface area contributed by atoms with E-state index in [9.17, 15) is 9.90 Å². The van der Waals surface area contributed by atoms with Gasteiger partial charge >= 0.3 is 0 Å². The second-order valence-electron chi connectivity index (χ2n) is 6.44. The maximum atomic E-state index is 12.9. The number of aliphatic hydroxyl groups is 1. The predicted molar refractivity (Wildman–Crippen MR) is 97.1 cm³/mol. The summed E-state index contributed by atoms with van der Waals surface area (Å²) in [5, 5.41) is 9.60. The molecule has 2 aromatic carbocycles. The SMILES string of the molecule is CON[C@H]1C[C@@H](CO)N(C(=O)c2ccc(-c3ccccc3)c(C)c2)C1. The lowest BCUT2D eigenvalue weighted by Crippen LogP contribution is -2.38. The summed E-state index contributed by atoms with van der Waals surface area (Å²) in [4.78, 5) is 19.6. The van der Waals surface area contributed by atoms with Gasteiger partial charge in [0.15, 0.2) is 0 Å². The average Bonchev–Trinajstić information content (AvgIpc) is 3.05. The zero-order chi connectivity index (χ0) is 17.8. The summed E-state index contributed by atoms with van der Waals surface area (Å²) in [5.74, 6) is -0.0536. The lowest BCUT2D eigenvalue weighted by molar-refractivity contribution is 0.0585. The van der Waals surface area contributed by atoms with Crippen LogP contribution in [0.2, 0.25) is 0 Å². The molecule has 132 valence electrons. The molecule has 2 atom stereocenters. The van der Waals surface area contributed by atoms with Gasteiger partial charge in [-0.1, -0.05) is 36.4 Å². The van der Waals surface area contributed by atoms with E-state index in [-0.39, 0.29) is 24.6 Å². The zero-order valence-electron chi connectivity index (χ0n) is 14.6. The molecule has 5 heteroatoms. The average molecular weight is 340 g/mol. The predicted octanol–water partition coefficient (Wildman–Crippen LogP) is 2.39. The van der Waals surface area contributed by atoms with E-state index < -0.39 is 0 Å². The molecule has 3 rings (SSSR count). The fourth-order valence-corrected chi connectivity index (χ4v) is 3.49. The number of likely N-dealkylation sites (tertiary alicyclic amines) is 1. The number of aliphatic hydroxyl groups excluding tert-OH is 1. The van der Waals surface area contributed by atoms with Gasteiger partial charge in [-0.2, -0.15) is 5.48 Å². The molecule has 25 heavy (non-hydrogen) atoms. The largest absolute Gasteiger partial charge is 0.394 e. The molecule has 1 saturated heterocycles. The summed E-state index contributed by atoms with van der Waals surface area (Å²) in [5.41, 5.74) is 6.85. The Balaban J connectivity index is 1.82. The third-order valence-corrected chi connectivity index (χ3v) is 4.73. The normalized spacial score (nSPS) is 20.0. The molecule has 2 aromatic rings. The Hall–Kier alpha value is -2.21. The van der Waals surface area contributed by atoms with Crippen molar-refractivity contribution in [2.75, 3.05) is 20.3 Å². The molecule has 1 amide bonds. The molecule has 0 radical (unpaired) electrons. The summed E-state index contributed by atoms with van der Waals surface area (Å²) in [6.45, 7) is 2.49. The highest BCUT2D eigenvalue weighted by atomic mass is 16.6. The van der Waals surface area contributed by atoms with Gasteiger partial charge in [-0.05, 0) is 42.2 Å². The molecule has 1 aliphatic heterocycles. The topological polar surface area (TPSA) is 61.8 Å². The molecule has 0 saturated carbocycles. The van der Waals surface area contributed by atoms with Gasteiger partial charge in [-0.3, -0.25) is 4.79 Å². The van der Waals surface area contributed by atoms with Crippen LogP contribution in [-0.2, 0) is 4.84 Å². The minimum atomic E-state index is -0.186. The summed E-state index contributed by atoms with van der Waals surface area (Å²) in [6, 6.07) is 15.8. The van der Waals surface area contributed by atoms with Gasteiger partial charge in [0.1, 0.15) is 0 Å². The summed E-state index contributed by atoms with van der Waals surface area (Å²) in [6.07, 6.45) is 0.678. The molecule has 1 aliphatic rings. The lowest BCUT2D eigenvalue weighted by Gasteiger charge is -2.23. The maximum absolute atomic E-state index is 12.9. The van der Waals surface area contributed by atoms with Crippen molar-refractivity contribution in [1.82, 2.24) is 10.4 Å². The Morgan fingerprint density at radius 1 is 1.28 bits per heavy atom.